The lowest BCUT2D eigenvalue weighted by Gasteiger charge is -2.39. The number of rotatable bonds is 13. The number of H-pyrrole nitrogens is 1. The van der Waals surface area contributed by atoms with E-state index in [0.717, 1.165) is 74.1 Å². The standard InChI is InChI=1S/C48H57ClN10O8S2/c1-48(2)15-13-34(40(28-48)32-5-7-35(49)8-6-32)30-55-18-20-56(21-19-55)36-9-11-39(42(26-36)58-17-4-23-67-47-44(58)25-33-14-16-51-45(33)53-47)46(60)54-69(64,65)38-10-12-41(43(27-38)59(61)62)52-29-37-31-57(22-24-66-37)68(3,50)63/h5-12,14,16,25-27,37,50,52H,4,13,15,17-24,28-31H2,1-3H3,(H,51,53)(H,54,60). The zero-order valence-corrected chi connectivity index (χ0v) is 41.2. The maximum Gasteiger partial charge on any atom is 0.293 e. The van der Waals surface area contributed by atoms with Crippen LogP contribution in [0.15, 0.2) is 89.5 Å². The Labute approximate surface area is 407 Å². The molecule has 1 amide bonds. The van der Waals surface area contributed by atoms with Crippen LogP contribution in [-0.2, 0) is 24.7 Å². The smallest absolute Gasteiger partial charge is 0.293 e. The summed E-state index contributed by atoms with van der Waals surface area (Å²) in [5.41, 5.74) is 6.43. The number of hydrogen-bond acceptors (Lipinski definition) is 14. The molecule has 5 aromatic rings. The van der Waals surface area contributed by atoms with Crippen molar-refractivity contribution in [1.29, 1.82) is 4.78 Å². The summed E-state index contributed by atoms with van der Waals surface area (Å²) in [5.74, 6) is -0.552. The van der Waals surface area contributed by atoms with Crippen LogP contribution in [0.5, 0.6) is 5.88 Å². The van der Waals surface area contributed by atoms with Crippen molar-refractivity contribution in [1.82, 2.24) is 23.9 Å². The number of sulfonamides is 1. The summed E-state index contributed by atoms with van der Waals surface area (Å²) < 4.78 is 63.8. The van der Waals surface area contributed by atoms with E-state index in [1.807, 2.05) is 41.3 Å². The lowest BCUT2D eigenvalue weighted by Crippen LogP contribution is -2.47. The van der Waals surface area contributed by atoms with Crippen LogP contribution in [0.4, 0.5) is 28.4 Å². The monoisotopic (exact) mass is 1000 g/mol. The van der Waals surface area contributed by atoms with E-state index in [-0.39, 0.29) is 36.4 Å². The number of nitrogens with one attached hydrogen (secondary N) is 4. The van der Waals surface area contributed by atoms with Crippen molar-refractivity contribution in [2.24, 2.45) is 5.41 Å². The van der Waals surface area contributed by atoms with E-state index in [4.69, 9.17) is 30.8 Å². The fraction of sp³-hybridized carbons (Fsp3) is 0.417. The van der Waals surface area contributed by atoms with E-state index in [1.165, 1.54) is 39.4 Å². The first-order valence-electron chi connectivity index (χ1n) is 23.1. The quantitative estimate of drug-likeness (QED) is 0.0659. The summed E-state index contributed by atoms with van der Waals surface area (Å²) in [5, 5.41) is 16.8. The molecule has 9 rings (SSSR count). The molecule has 4 N–H and O–H groups in total. The van der Waals surface area contributed by atoms with Crippen LogP contribution in [0.2, 0.25) is 5.02 Å². The molecule has 0 radical (unpaired) electrons. The largest absolute Gasteiger partial charge is 0.476 e. The maximum absolute atomic E-state index is 14.4. The Balaban J connectivity index is 0.972. The molecule has 5 heterocycles. The Kier molecular flexibility index (Phi) is 13.7. The number of nitrogens with zero attached hydrogens (tertiary/aromatic N) is 6. The van der Waals surface area contributed by atoms with Gasteiger partial charge < -0.3 is 29.6 Å². The summed E-state index contributed by atoms with van der Waals surface area (Å²) in [4.78, 5) is 40.1. The van der Waals surface area contributed by atoms with Gasteiger partial charge in [0.15, 0.2) is 0 Å². The number of nitro benzene ring substituents is 1. The molecule has 2 atom stereocenters. The first-order valence-corrected chi connectivity index (χ1v) is 26.9. The topological polar surface area (TPSA) is 219 Å². The molecule has 0 spiro atoms. The number of morpholine rings is 1. The highest BCUT2D eigenvalue weighted by molar-refractivity contribution is 7.90. The van der Waals surface area contributed by atoms with Crippen molar-refractivity contribution in [3.05, 3.63) is 111 Å². The molecule has 69 heavy (non-hydrogen) atoms. The minimum Gasteiger partial charge on any atom is -0.476 e. The Morgan fingerprint density at radius 3 is 2.52 bits per heavy atom. The van der Waals surface area contributed by atoms with Gasteiger partial charge in [-0.1, -0.05) is 43.2 Å². The Bertz CT molecular complexity index is 3030. The number of allylic oxidation sites excluding steroid dienone is 1. The van der Waals surface area contributed by atoms with E-state index >= 15 is 0 Å². The third-order valence-electron chi connectivity index (χ3n) is 13.4. The number of pyridine rings is 1. The zero-order chi connectivity index (χ0) is 48.7. The van der Waals surface area contributed by atoms with E-state index in [9.17, 15) is 27.5 Å². The number of ether oxygens (including phenoxy) is 2. The average molecular weight is 1000 g/mol. The summed E-state index contributed by atoms with van der Waals surface area (Å²) in [6.45, 7) is 10.2. The third-order valence-corrected chi connectivity index (χ3v) is 16.3. The van der Waals surface area contributed by atoms with Gasteiger partial charge in [0, 0.05) is 93.5 Å². The number of hydrogen-bond donors (Lipinski definition) is 4. The number of anilines is 4. The highest BCUT2D eigenvalue weighted by Crippen LogP contribution is 2.44. The summed E-state index contributed by atoms with van der Waals surface area (Å²) in [7, 11) is -7.63. The summed E-state index contributed by atoms with van der Waals surface area (Å²) in [6.07, 6.45) is 6.32. The van der Waals surface area contributed by atoms with Gasteiger partial charge in [-0.2, -0.15) is 4.98 Å². The number of piperazine rings is 1. The molecular weight excluding hydrogens is 944 g/mol. The number of aromatic nitrogens is 2. The first-order chi connectivity index (χ1) is 32.9. The van der Waals surface area contributed by atoms with Gasteiger partial charge >= 0.3 is 0 Å². The molecule has 3 aromatic carbocycles. The number of carbonyl (C=O) groups is 1. The van der Waals surface area contributed by atoms with E-state index < -0.39 is 47.5 Å². The maximum atomic E-state index is 14.4. The number of aromatic amines is 1. The van der Waals surface area contributed by atoms with Gasteiger partial charge in [-0.05, 0) is 96.8 Å². The van der Waals surface area contributed by atoms with Gasteiger partial charge in [0.05, 0.1) is 40.4 Å². The number of carbonyl (C=O) groups excluding carboxylic acids is 1. The Hall–Kier alpha value is -5.77. The van der Waals surface area contributed by atoms with E-state index in [1.54, 1.807) is 12.3 Å². The molecular formula is C48H57ClN10O8S2. The number of nitro groups is 1. The molecule has 3 aliphatic heterocycles. The summed E-state index contributed by atoms with van der Waals surface area (Å²) in [6, 6.07) is 20.7. The van der Waals surface area contributed by atoms with Gasteiger partial charge in [0.1, 0.15) is 26.9 Å². The molecule has 0 saturated carbocycles. The van der Waals surface area contributed by atoms with Crippen molar-refractivity contribution in [2.45, 2.75) is 50.5 Å². The lowest BCUT2D eigenvalue weighted by atomic mass is 9.72. The van der Waals surface area contributed by atoms with Crippen molar-refractivity contribution in [3.63, 3.8) is 0 Å². The first kappa shape index (κ1) is 48.3. The number of fused-ring (bicyclic) bond motifs is 2. The average Bonchev–Trinajstić information content (AvgIpc) is 3.68. The Morgan fingerprint density at radius 1 is 0.986 bits per heavy atom. The normalized spacial score (nSPS) is 20.1. The molecule has 2 aromatic heterocycles. The molecule has 0 bridgehead atoms. The van der Waals surface area contributed by atoms with Crippen molar-refractivity contribution in [3.8, 4) is 5.88 Å². The van der Waals surface area contributed by atoms with Crippen LogP contribution in [0.25, 0.3) is 16.6 Å². The fourth-order valence-electron chi connectivity index (χ4n) is 9.62. The second-order valence-electron chi connectivity index (χ2n) is 18.9. The van der Waals surface area contributed by atoms with Crippen LogP contribution in [-0.4, -0.2) is 127 Å². The van der Waals surface area contributed by atoms with Gasteiger partial charge in [-0.3, -0.25) is 19.8 Å². The van der Waals surface area contributed by atoms with Crippen molar-refractivity contribution < 1.29 is 31.8 Å². The minimum atomic E-state index is -4.66. The molecule has 2 saturated heterocycles. The van der Waals surface area contributed by atoms with E-state index in [2.05, 4.69) is 50.8 Å². The molecule has 1 aliphatic carbocycles. The van der Waals surface area contributed by atoms with Gasteiger partial charge in [0.25, 0.3) is 21.6 Å². The van der Waals surface area contributed by atoms with Crippen LogP contribution in [0.3, 0.4) is 0 Å². The predicted octanol–water partition coefficient (Wildman–Crippen LogP) is 7.65. The Morgan fingerprint density at radius 2 is 1.77 bits per heavy atom. The number of halogens is 1. The highest BCUT2D eigenvalue weighted by atomic mass is 35.5. The lowest BCUT2D eigenvalue weighted by molar-refractivity contribution is -0.384. The van der Waals surface area contributed by atoms with Crippen LogP contribution < -0.4 is 24.6 Å². The third kappa shape index (κ3) is 10.9. The van der Waals surface area contributed by atoms with Gasteiger partial charge in [-0.25, -0.2) is 26.4 Å². The molecule has 18 nitrogen and oxygen atoms in total. The second-order valence-corrected chi connectivity index (χ2v) is 23.2. The van der Waals surface area contributed by atoms with Crippen molar-refractivity contribution >= 4 is 82.5 Å². The number of benzene rings is 3. The van der Waals surface area contributed by atoms with Crippen LogP contribution in [0, 0.1) is 20.3 Å². The van der Waals surface area contributed by atoms with Crippen LogP contribution in [0.1, 0.15) is 55.5 Å². The van der Waals surface area contributed by atoms with Gasteiger partial charge in [0.2, 0.25) is 5.88 Å². The van der Waals surface area contributed by atoms with Crippen LogP contribution >= 0.6 is 11.6 Å². The SMILES string of the molecule is CC1(C)CCC(CN2CCN(c3ccc(C(=O)NS(=O)(=O)c4ccc(NCC5CN(S(C)(=N)=O)CCO5)c([N+](=O)[O-])c4)c(N4CCCOc5nc6[nH]ccc6cc54)c3)CC2)=C(c2ccc(Cl)cc2)C1. The van der Waals surface area contributed by atoms with Crippen molar-refractivity contribution in [2.75, 3.05) is 93.5 Å². The zero-order valence-electron chi connectivity index (χ0n) is 38.8. The number of amides is 1. The molecule has 366 valence electrons. The predicted molar refractivity (Wildman–Crippen MR) is 269 cm³/mol. The molecule has 4 aliphatic rings. The minimum absolute atomic E-state index is 0.0257. The molecule has 2 fully saturated rings. The second kappa shape index (κ2) is 19.6. The highest BCUT2D eigenvalue weighted by Gasteiger charge is 2.33. The van der Waals surface area contributed by atoms with Gasteiger partial charge in [-0.15, -0.1) is 0 Å². The van der Waals surface area contributed by atoms with E-state index in [0.29, 0.717) is 49.0 Å². The fourth-order valence-corrected chi connectivity index (χ4v) is 11.6. The molecule has 2 unspecified atom stereocenters. The summed E-state index contributed by atoms with van der Waals surface area (Å²) >= 11 is 6.27. The molecule has 21 heteroatoms.